The van der Waals surface area contributed by atoms with Crippen LogP contribution < -0.4 is 10.2 Å². The van der Waals surface area contributed by atoms with Crippen LogP contribution in [0.2, 0.25) is 0 Å². The number of nitrogens with zero attached hydrogens (tertiary/aromatic N) is 3. The van der Waals surface area contributed by atoms with Crippen LogP contribution in [0.15, 0.2) is 27.6 Å². The van der Waals surface area contributed by atoms with Crippen LogP contribution in [-0.2, 0) is 21.2 Å². The Labute approximate surface area is 179 Å². The zero-order chi connectivity index (χ0) is 22.5. The van der Waals surface area contributed by atoms with Crippen molar-refractivity contribution in [2.45, 2.75) is 52.9 Å². The second-order valence-electron chi connectivity index (χ2n) is 6.97. The summed E-state index contributed by atoms with van der Waals surface area (Å²) in [5.41, 5.74) is 2.67. The molecule has 0 bridgehead atoms. The summed E-state index contributed by atoms with van der Waals surface area (Å²) in [6.07, 6.45) is 0.103. The average molecular weight is 437 g/mol. The van der Waals surface area contributed by atoms with Crippen LogP contribution in [0.3, 0.4) is 0 Å². The molecule has 9 heteroatoms. The highest BCUT2D eigenvalue weighted by Gasteiger charge is 2.24. The topological polar surface area (TPSA) is 95.8 Å². The Kier molecular flexibility index (Phi) is 8.03. The van der Waals surface area contributed by atoms with E-state index in [1.54, 1.807) is 45.9 Å². The molecular formula is C21H32N4O4S. The van der Waals surface area contributed by atoms with Gasteiger partial charge in [-0.3, -0.25) is 4.79 Å². The minimum Gasteiger partial charge on any atom is -0.370 e. The molecule has 0 spiro atoms. The van der Waals surface area contributed by atoms with Crippen molar-refractivity contribution in [2.24, 2.45) is 0 Å². The third kappa shape index (κ3) is 5.02. The first-order valence-electron chi connectivity index (χ1n) is 10.3. The lowest BCUT2D eigenvalue weighted by Gasteiger charge is -2.26. The largest absolute Gasteiger partial charge is 0.370 e. The number of sulfonamides is 1. The summed E-state index contributed by atoms with van der Waals surface area (Å²) in [4.78, 5) is 15.0. The summed E-state index contributed by atoms with van der Waals surface area (Å²) in [7, 11) is -3.64. The predicted octanol–water partition coefficient (Wildman–Crippen LogP) is 3.35. The molecule has 0 aliphatic heterocycles. The second-order valence-corrected chi connectivity index (χ2v) is 8.91. The molecule has 0 radical (unpaired) electrons. The summed E-state index contributed by atoms with van der Waals surface area (Å²) in [6.45, 7) is 13.4. The zero-order valence-electron chi connectivity index (χ0n) is 18.7. The van der Waals surface area contributed by atoms with Gasteiger partial charge in [-0.1, -0.05) is 19.0 Å². The smallest absolute Gasteiger partial charge is 0.243 e. The maximum Gasteiger partial charge on any atom is 0.243 e. The molecule has 0 saturated heterocycles. The van der Waals surface area contributed by atoms with Crippen molar-refractivity contribution < 1.29 is 17.7 Å². The molecular weight excluding hydrogens is 404 g/mol. The lowest BCUT2D eigenvalue weighted by Crippen LogP contribution is -2.31. The zero-order valence-corrected chi connectivity index (χ0v) is 19.5. The number of carbonyl (C=O) groups excluding carboxylic acids is 1. The Morgan fingerprint density at radius 3 is 2.20 bits per heavy atom. The van der Waals surface area contributed by atoms with Crippen molar-refractivity contribution in [3.63, 3.8) is 0 Å². The minimum absolute atomic E-state index is 0.103. The molecule has 1 aromatic carbocycles. The Morgan fingerprint density at radius 2 is 1.70 bits per heavy atom. The highest BCUT2D eigenvalue weighted by atomic mass is 32.2. The van der Waals surface area contributed by atoms with Gasteiger partial charge in [-0.2, -0.15) is 4.31 Å². The summed E-state index contributed by atoms with van der Waals surface area (Å²) in [5.74, 6) is 0.347. The van der Waals surface area contributed by atoms with E-state index in [4.69, 9.17) is 4.52 Å². The number of benzene rings is 1. The molecule has 166 valence electrons. The molecule has 0 aliphatic carbocycles. The van der Waals surface area contributed by atoms with Crippen molar-refractivity contribution in [1.82, 2.24) is 9.46 Å². The van der Waals surface area contributed by atoms with E-state index in [0.29, 0.717) is 30.2 Å². The predicted molar refractivity (Wildman–Crippen MR) is 118 cm³/mol. The van der Waals surface area contributed by atoms with Crippen molar-refractivity contribution in [3.05, 3.63) is 35.2 Å². The van der Waals surface area contributed by atoms with E-state index in [1.807, 2.05) is 13.8 Å². The van der Waals surface area contributed by atoms with Crippen LogP contribution in [0.4, 0.5) is 11.4 Å². The van der Waals surface area contributed by atoms with E-state index in [9.17, 15) is 13.2 Å². The molecule has 0 unspecified atom stereocenters. The van der Waals surface area contributed by atoms with Gasteiger partial charge in [-0.15, -0.1) is 0 Å². The molecule has 2 aromatic rings. The fraction of sp³-hybridized carbons (Fsp3) is 0.524. The van der Waals surface area contributed by atoms with Crippen LogP contribution in [-0.4, -0.2) is 50.0 Å². The Bertz CT molecular complexity index is 957. The Balaban J connectivity index is 2.44. The minimum atomic E-state index is -3.64. The normalized spacial score (nSPS) is 11.7. The molecule has 2 rings (SSSR count). The number of aryl methyl sites for hydroxylation is 2. The first-order chi connectivity index (χ1) is 14.2. The molecule has 1 amide bonds. The van der Waals surface area contributed by atoms with Crippen LogP contribution in [0, 0.1) is 13.8 Å². The third-order valence-corrected chi connectivity index (χ3v) is 7.25. The van der Waals surface area contributed by atoms with Crippen LogP contribution in [0.25, 0.3) is 0 Å². The molecule has 1 heterocycles. The summed E-state index contributed by atoms with van der Waals surface area (Å²) in [6, 6.07) is 4.91. The molecule has 0 fully saturated rings. The van der Waals surface area contributed by atoms with Gasteiger partial charge >= 0.3 is 0 Å². The standard InChI is InChI=1S/C21H32N4O4S/c1-7-24(8-2)20-12-11-17(30(27,28)25(9-3)10-4)13-19(20)22-21(26)14-18-15(5)23-29-16(18)6/h11-13H,7-10,14H2,1-6H3,(H,22,26). The van der Waals surface area contributed by atoms with E-state index >= 15 is 0 Å². The molecule has 30 heavy (non-hydrogen) atoms. The maximum atomic E-state index is 13.0. The lowest BCUT2D eigenvalue weighted by molar-refractivity contribution is -0.115. The van der Waals surface area contributed by atoms with E-state index in [2.05, 4.69) is 15.4 Å². The molecule has 0 atom stereocenters. The number of anilines is 2. The number of amides is 1. The number of rotatable bonds is 10. The van der Waals surface area contributed by atoms with Crippen LogP contribution >= 0.6 is 0 Å². The number of hydrogen-bond donors (Lipinski definition) is 1. The third-order valence-electron chi connectivity index (χ3n) is 5.21. The van der Waals surface area contributed by atoms with Crippen LogP contribution in [0.1, 0.15) is 44.7 Å². The molecule has 1 N–H and O–H groups in total. The fourth-order valence-electron chi connectivity index (χ4n) is 3.44. The molecule has 8 nitrogen and oxygen atoms in total. The van der Waals surface area contributed by atoms with Crippen LogP contribution in [0.5, 0.6) is 0 Å². The average Bonchev–Trinajstić information content (AvgIpc) is 3.02. The van der Waals surface area contributed by atoms with Gasteiger partial charge in [-0.25, -0.2) is 8.42 Å². The number of carbonyl (C=O) groups is 1. The maximum absolute atomic E-state index is 13.0. The van der Waals surface area contributed by atoms with Gasteiger partial charge in [0.15, 0.2) is 0 Å². The summed E-state index contributed by atoms with van der Waals surface area (Å²) >= 11 is 0. The van der Waals surface area contributed by atoms with E-state index in [1.165, 1.54) is 4.31 Å². The lowest BCUT2D eigenvalue weighted by atomic mass is 10.1. The van der Waals surface area contributed by atoms with Gasteiger partial charge in [0.05, 0.1) is 28.4 Å². The number of aromatic nitrogens is 1. The first-order valence-corrected chi connectivity index (χ1v) is 11.7. The van der Waals surface area contributed by atoms with Crippen molar-refractivity contribution in [3.8, 4) is 0 Å². The van der Waals surface area contributed by atoms with Gasteiger partial charge in [0, 0.05) is 31.7 Å². The molecule has 0 aliphatic rings. The van der Waals surface area contributed by atoms with Crippen molar-refractivity contribution >= 4 is 27.3 Å². The fourth-order valence-corrected chi connectivity index (χ4v) is 4.92. The molecule has 0 saturated carbocycles. The van der Waals surface area contributed by atoms with Gasteiger partial charge in [-0.05, 0) is 45.9 Å². The summed E-state index contributed by atoms with van der Waals surface area (Å²) < 4.78 is 32.5. The van der Waals surface area contributed by atoms with Crippen molar-refractivity contribution in [2.75, 3.05) is 36.4 Å². The Hall–Kier alpha value is -2.39. The van der Waals surface area contributed by atoms with Gasteiger partial charge in [0.2, 0.25) is 15.9 Å². The van der Waals surface area contributed by atoms with Gasteiger partial charge in [0.25, 0.3) is 0 Å². The SMILES string of the molecule is CCN(CC)c1ccc(S(=O)(=O)N(CC)CC)cc1NC(=O)Cc1c(C)noc1C. The van der Waals surface area contributed by atoms with Gasteiger partial charge < -0.3 is 14.7 Å². The monoisotopic (exact) mass is 436 g/mol. The second kappa shape index (κ2) is 10.1. The highest BCUT2D eigenvalue weighted by Crippen LogP contribution is 2.30. The van der Waals surface area contributed by atoms with E-state index in [0.717, 1.165) is 24.3 Å². The van der Waals surface area contributed by atoms with Gasteiger partial charge in [0.1, 0.15) is 5.76 Å². The molecule has 1 aromatic heterocycles. The van der Waals surface area contributed by atoms with E-state index in [-0.39, 0.29) is 17.2 Å². The van der Waals surface area contributed by atoms with E-state index < -0.39 is 10.0 Å². The quantitative estimate of drug-likeness (QED) is 0.614. The van der Waals surface area contributed by atoms with Crippen molar-refractivity contribution in [1.29, 1.82) is 0 Å². The first kappa shape index (κ1) is 23.9. The Morgan fingerprint density at radius 1 is 1.07 bits per heavy atom. The highest BCUT2D eigenvalue weighted by molar-refractivity contribution is 7.89. The number of nitrogens with one attached hydrogen (secondary N) is 1. The number of hydrogen-bond acceptors (Lipinski definition) is 6. The summed E-state index contributed by atoms with van der Waals surface area (Å²) in [5, 5.41) is 6.79.